The number of pyridine rings is 2. The number of anilines is 3. The number of aromatic nitrogens is 4. The molecule has 2 aliphatic rings. The summed E-state index contributed by atoms with van der Waals surface area (Å²) < 4.78 is 33.6. The normalized spacial score (nSPS) is 16.2. The lowest BCUT2D eigenvalue weighted by molar-refractivity contribution is -0.140. The summed E-state index contributed by atoms with van der Waals surface area (Å²) in [5, 5.41) is 12.3. The van der Waals surface area contributed by atoms with Gasteiger partial charge in [-0.2, -0.15) is 17.7 Å². The van der Waals surface area contributed by atoms with Crippen molar-refractivity contribution in [1.29, 1.82) is 0 Å². The molecule has 0 atom stereocenters. The van der Waals surface area contributed by atoms with Gasteiger partial charge in [0.15, 0.2) is 12.4 Å². The molecule has 5 rings (SSSR count). The molecule has 0 spiro atoms. The minimum Gasteiger partial charge on any atom is -0.479 e. The molecule has 2 fully saturated rings. The van der Waals surface area contributed by atoms with E-state index in [9.17, 15) is 27.6 Å². The van der Waals surface area contributed by atoms with Crippen molar-refractivity contribution in [2.75, 3.05) is 43.0 Å². The molecular formula is C27H32N8O8S. The number of ether oxygens (including phenoxy) is 1. The van der Waals surface area contributed by atoms with Crippen LogP contribution in [0.4, 0.5) is 22.2 Å². The van der Waals surface area contributed by atoms with Crippen molar-refractivity contribution in [3.05, 3.63) is 46.0 Å². The monoisotopic (exact) mass is 628 g/mol. The van der Waals surface area contributed by atoms with Crippen molar-refractivity contribution in [3.63, 3.8) is 0 Å². The minimum atomic E-state index is -4.20. The van der Waals surface area contributed by atoms with Crippen LogP contribution >= 0.6 is 0 Å². The van der Waals surface area contributed by atoms with Gasteiger partial charge in [-0.3, -0.25) is 14.2 Å². The van der Waals surface area contributed by atoms with E-state index >= 15 is 0 Å². The first-order valence-electron chi connectivity index (χ1n) is 14.0. The van der Waals surface area contributed by atoms with Gasteiger partial charge in [0.1, 0.15) is 11.5 Å². The Labute approximate surface area is 252 Å². The predicted octanol–water partition coefficient (Wildman–Crippen LogP) is 1.73. The number of carbonyl (C=O) groups excluding carboxylic acids is 2. The number of carboxylic acids is 1. The van der Waals surface area contributed by atoms with Gasteiger partial charge in [-0.05, 0) is 44.4 Å². The van der Waals surface area contributed by atoms with Crippen molar-refractivity contribution in [3.8, 4) is 0 Å². The zero-order chi connectivity index (χ0) is 31.6. The number of Topliss-reactive ketones (excluding diaryl/α,β-unsaturated/α-hetero) is 1. The summed E-state index contributed by atoms with van der Waals surface area (Å²) in [5.41, 5.74) is 1.60. The number of amides is 1. The van der Waals surface area contributed by atoms with Crippen LogP contribution in [0.3, 0.4) is 0 Å². The quantitative estimate of drug-likeness (QED) is 0.289. The molecule has 0 radical (unpaired) electrons. The maximum Gasteiger partial charge on any atom is 0.422 e. The third-order valence-electron chi connectivity index (χ3n) is 7.72. The van der Waals surface area contributed by atoms with Gasteiger partial charge < -0.3 is 20.1 Å². The lowest BCUT2D eigenvalue weighted by atomic mass is 10.0. The Kier molecular flexibility index (Phi) is 8.78. The molecule has 0 aromatic carbocycles. The second-order valence-electron chi connectivity index (χ2n) is 10.6. The highest BCUT2D eigenvalue weighted by atomic mass is 32.2. The fraction of sp³-hybridized carbons (Fsp3) is 0.444. The molecule has 0 bridgehead atoms. The summed E-state index contributed by atoms with van der Waals surface area (Å²) in [7, 11) is -4.20. The molecule has 16 nitrogen and oxygen atoms in total. The first-order chi connectivity index (χ1) is 20.9. The lowest BCUT2D eigenvalue weighted by Crippen LogP contribution is -2.53. The van der Waals surface area contributed by atoms with Crippen molar-refractivity contribution in [1.82, 2.24) is 28.5 Å². The van der Waals surface area contributed by atoms with Crippen LogP contribution in [0.5, 0.6) is 0 Å². The number of hydrogen-bond donors (Lipinski definition) is 3. The van der Waals surface area contributed by atoms with E-state index in [0.717, 1.165) is 35.7 Å². The highest BCUT2D eigenvalue weighted by molar-refractivity contribution is 7.87. The topological polar surface area (TPSA) is 206 Å². The first kappa shape index (κ1) is 30.8. The van der Waals surface area contributed by atoms with E-state index in [0.29, 0.717) is 35.5 Å². The summed E-state index contributed by atoms with van der Waals surface area (Å²) in [6, 6.07) is 3.49. The van der Waals surface area contributed by atoms with Gasteiger partial charge in [-0.1, -0.05) is 12.8 Å². The Bertz CT molecular complexity index is 1760. The number of aryl methyl sites for hydroxylation is 1. The zero-order valence-corrected chi connectivity index (χ0v) is 25.0. The van der Waals surface area contributed by atoms with E-state index in [4.69, 9.17) is 5.11 Å². The van der Waals surface area contributed by atoms with E-state index < -0.39 is 28.9 Å². The minimum absolute atomic E-state index is 0.0409. The van der Waals surface area contributed by atoms with Gasteiger partial charge in [0.05, 0.1) is 17.4 Å². The highest BCUT2D eigenvalue weighted by Gasteiger charge is 2.30. The summed E-state index contributed by atoms with van der Waals surface area (Å²) in [6.07, 6.45) is 5.53. The summed E-state index contributed by atoms with van der Waals surface area (Å²) in [5.74, 6) is -1.00. The van der Waals surface area contributed by atoms with Gasteiger partial charge in [0.25, 0.3) is 5.56 Å². The first-order valence-corrected chi connectivity index (χ1v) is 15.5. The highest BCUT2D eigenvalue weighted by Crippen LogP contribution is 2.32. The smallest absolute Gasteiger partial charge is 0.422 e. The maximum absolute atomic E-state index is 13.4. The molecule has 1 saturated heterocycles. The molecule has 17 heteroatoms. The van der Waals surface area contributed by atoms with Crippen LogP contribution in [0.15, 0.2) is 29.3 Å². The number of carbonyl (C=O) groups is 3. The number of carboxylic acid groups (broad SMARTS) is 1. The summed E-state index contributed by atoms with van der Waals surface area (Å²) >= 11 is 0. The van der Waals surface area contributed by atoms with E-state index in [-0.39, 0.29) is 42.0 Å². The largest absolute Gasteiger partial charge is 0.479 e. The second-order valence-corrected chi connectivity index (χ2v) is 12.3. The van der Waals surface area contributed by atoms with Crippen LogP contribution in [0, 0.1) is 6.92 Å². The Morgan fingerprint density at radius 2 is 1.77 bits per heavy atom. The Balaban J connectivity index is 1.27. The van der Waals surface area contributed by atoms with Crippen LogP contribution in [-0.4, -0.2) is 88.0 Å². The van der Waals surface area contributed by atoms with Gasteiger partial charge >= 0.3 is 22.3 Å². The van der Waals surface area contributed by atoms with Gasteiger partial charge in [0.2, 0.25) is 5.95 Å². The zero-order valence-electron chi connectivity index (χ0n) is 24.1. The van der Waals surface area contributed by atoms with Crippen LogP contribution in [0.1, 0.15) is 54.6 Å². The lowest BCUT2D eigenvalue weighted by Gasteiger charge is -2.34. The molecule has 1 aliphatic carbocycles. The number of rotatable bonds is 9. The molecule has 1 saturated carbocycles. The number of nitrogens with zero attached hydrogens (tertiary/aromatic N) is 6. The van der Waals surface area contributed by atoms with Gasteiger partial charge in [-0.25, -0.2) is 24.3 Å². The fourth-order valence-corrected chi connectivity index (χ4v) is 6.63. The average Bonchev–Trinajstić information content (AvgIpc) is 3.51. The number of ketones is 1. The maximum atomic E-state index is 13.4. The number of aliphatic carboxylic acids is 1. The van der Waals surface area contributed by atoms with Crippen molar-refractivity contribution in [2.24, 2.45) is 0 Å². The summed E-state index contributed by atoms with van der Waals surface area (Å²) in [4.78, 5) is 63.3. The molecular weight excluding hydrogens is 596 g/mol. The van der Waals surface area contributed by atoms with Crippen molar-refractivity contribution in [2.45, 2.75) is 45.6 Å². The van der Waals surface area contributed by atoms with Crippen LogP contribution < -0.4 is 20.5 Å². The number of fused-ring (bicyclic) bond motifs is 1. The molecule has 44 heavy (non-hydrogen) atoms. The molecule has 1 aliphatic heterocycles. The van der Waals surface area contributed by atoms with Crippen LogP contribution in [-0.2, 0) is 19.7 Å². The van der Waals surface area contributed by atoms with E-state index in [2.05, 4.69) is 25.0 Å². The third-order valence-corrected chi connectivity index (χ3v) is 9.19. The average molecular weight is 629 g/mol. The number of piperazine rings is 1. The molecule has 3 N–H and O–H groups in total. The Morgan fingerprint density at radius 3 is 2.39 bits per heavy atom. The standard InChI is InChI=1S/C27H32N8O8S/c1-16-20-14-29-26(31-24(20)35(18-5-3-4-6-18)25(39)23(16)17(2)36)30-21-8-7-19(13-28-21)33-9-11-34(12-10-33)44(41,42)32-27(40)43-15-22(37)38/h7-8,13-14,18H,3-6,9-12,15H2,1-2H3,(H,32,40)(H,37,38)(H,28,29,30,31). The molecule has 3 aromatic rings. The molecule has 0 unspecified atom stereocenters. The third kappa shape index (κ3) is 6.47. The molecule has 1 amide bonds. The summed E-state index contributed by atoms with van der Waals surface area (Å²) in [6.45, 7) is 2.94. The van der Waals surface area contributed by atoms with Gasteiger partial charge in [0, 0.05) is 43.8 Å². The van der Waals surface area contributed by atoms with Crippen LogP contribution in [0.2, 0.25) is 0 Å². The SMILES string of the molecule is CC(=O)c1c(C)c2cnc(Nc3ccc(N4CCN(S(=O)(=O)NC(=O)OCC(=O)O)CC4)cn3)nc2n(C2CCCC2)c1=O. The Hall–Kier alpha value is -4.64. The molecule has 3 aromatic heterocycles. The number of nitrogens with one attached hydrogen (secondary N) is 2. The van der Waals surface area contributed by atoms with Crippen molar-refractivity contribution < 1.29 is 32.6 Å². The number of hydrogen-bond acceptors (Lipinski definition) is 12. The molecule has 4 heterocycles. The van der Waals surface area contributed by atoms with E-state index in [1.54, 1.807) is 40.7 Å². The Morgan fingerprint density at radius 1 is 1.07 bits per heavy atom. The van der Waals surface area contributed by atoms with Gasteiger partial charge in [-0.15, -0.1) is 0 Å². The fourth-order valence-electron chi connectivity index (χ4n) is 5.58. The predicted molar refractivity (Wildman–Crippen MR) is 158 cm³/mol. The van der Waals surface area contributed by atoms with Crippen LogP contribution in [0.25, 0.3) is 11.0 Å². The molecule has 234 valence electrons. The van der Waals surface area contributed by atoms with E-state index in [1.165, 1.54) is 6.92 Å². The van der Waals surface area contributed by atoms with E-state index in [1.807, 2.05) is 4.90 Å². The second kappa shape index (κ2) is 12.5. The van der Waals surface area contributed by atoms with Crippen molar-refractivity contribution >= 4 is 56.5 Å².